The van der Waals surface area contributed by atoms with E-state index in [0.29, 0.717) is 5.69 Å². The van der Waals surface area contributed by atoms with Crippen LogP contribution in [0.3, 0.4) is 0 Å². The lowest BCUT2D eigenvalue weighted by Crippen LogP contribution is -2.11. The first-order valence-electron chi connectivity index (χ1n) is 5.18. The number of carboxylic acid groups (broad SMARTS) is 1. The van der Waals surface area contributed by atoms with E-state index < -0.39 is 5.97 Å². The molecule has 86 valence electrons. The van der Waals surface area contributed by atoms with Gasteiger partial charge in [0.1, 0.15) is 0 Å². The lowest BCUT2D eigenvalue weighted by atomic mass is 10.0. The predicted molar refractivity (Wildman–Crippen MR) is 61.7 cm³/mol. The van der Waals surface area contributed by atoms with Crippen LogP contribution in [0.2, 0.25) is 0 Å². The molecule has 0 bridgehead atoms. The largest absolute Gasteiger partial charge is 0.478 e. The van der Waals surface area contributed by atoms with Crippen molar-refractivity contribution >= 4 is 17.6 Å². The predicted octanol–water partition coefficient (Wildman–Crippen LogP) is 2.30. The summed E-state index contributed by atoms with van der Waals surface area (Å²) in [5.74, 6) is -1.30. The number of hydrogen-bond donors (Lipinski definition) is 2. The normalized spacial score (nSPS) is 9.88. The van der Waals surface area contributed by atoms with Crippen molar-refractivity contribution in [3.8, 4) is 0 Å². The van der Waals surface area contributed by atoms with E-state index in [1.165, 1.54) is 6.92 Å². The Labute approximate surface area is 94.3 Å². The number of benzene rings is 1. The zero-order valence-electron chi connectivity index (χ0n) is 9.41. The zero-order chi connectivity index (χ0) is 12.1. The summed E-state index contributed by atoms with van der Waals surface area (Å²) in [6.45, 7) is 3.38. The quantitative estimate of drug-likeness (QED) is 0.819. The first-order valence-corrected chi connectivity index (χ1v) is 5.18. The van der Waals surface area contributed by atoms with E-state index >= 15 is 0 Å². The Morgan fingerprint density at radius 3 is 2.56 bits per heavy atom. The van der Waals surface area contributed by atoms with Crippen LogP contribution in [0.5, 0.6) is 0 Å². The number of aryl methyl sites for hydroxylation is 1. The number of anilines is 1. The highest BCUT2D eigenvalue weighted by Crippen LogP contribution is 2.18. The molecule has 0 saturated carbocycles. The lowest BCUT2D eigenvalue weighted by molar-refractivity contribution is -0.114. The average molecular weight is 221 g/mol. The Morgan fingerprint density at radius 2 is 2.06 bits per heavy atom. The van der Waals surface area contributed by atoms with Crippen LogP contribution >= 0.6 is 0 Å². The van der Waals surface area contributed by atoms with Gasteiger partial charge in [-0.05, 0) is 24.1 Å². The minimum atomic E-state index is -1.03. The van der Waals surface area contributed by atoms with Crippen LogP contribution < -0.4 is 5.32 Å². The molecule has 2 N–H and O–H groups in total. The van der Waals surface area contributed by atoms with Gasteiger partial charge in [-0.3, -0.25) is 4.79 Å². The van der Waals surface area contributed by atoms with Gasteiger partial charge in [0.15, 0.2) is 0 Å². The summed E-state index contributed by atoms with van der Waals surface area (Å²) >= 11 is 0. The van der Waals surface area contributed by atoms with Crippen LogP contribution in [-0.4, -0.2) is 17.0 Å². The van der Waals surface area contributed by atoms with Crippen molar-refractivity contribution < 1.29 is 14.7 Å². The van der Waals surface area contributed by atoms with Crippen molar-refractivity contribution in [3.05, 3.63) is 29.3 Å². The maximum Gasteiger partial charge on any atom is 0.337 e. The Kier molecular flexibility index (Phi) is 4.05. The second-order valence-corrected chi connectivity index (χ2v) is 3.62. The molecule has 0 aliphatic rings. The summed E-state index contributed by atoms with van der Waals surface area (Å²) in [4.78, 5) is 21.9. The van der Waals surface area contributed by atoms with E-state index in [0.717, 1.165) is 18.4 Å². The molecule has 0 aromatic heterocycles. The molecule has 1 amide bonds. The molecule has 0 radical (unpaired) electrons. The molecule has 1 rings (SSSR count). The molecule has 0 aliphatic heterocycles. The van der Waals surface area contributed by atoms with Crippen molar-refractivity contribution in [3.63, 3.8) is 0 Å². The van der Waals surface area contributed by atoms with E-state index in [9.17, 15) is 9.59 Å². The fraction of sp³-hybridized carbons (Fsp3) is 0.333. The van der Waals surface area contributed by atoms with E-state index in [1.54, 1.807) is 12.1 Å². The summed E-state index contributed by atoms with van der Waals surface area (Å²) in [6, 6.07) is 5.08. The topological polar surface area (TPSA) is 66.4 Å². The lowest BCUT2D eigenvalue weighted by Gasteiger charge is -2.08. The first kappa shape index (κ1) is 12.2. The monoisotopic (exact) mass is 221 g/mol. The Balaban J connectivity index is 3.08. The minimum Gasteiger partial charge on any atom is -0.478 e. The fourth-order valence-corrected chi connectivity index (χ4v) is 1.51. The van der Waals surface area contributed by atoms with Crippen LogP contribution in [0, 0.1) is 0 Å². The molecule has 1 aromatic rings. The van der Waals surface area contributed by atoms with Crippen molar-refractivity contribution in [1.82, 2.24) is 0 Å². The van der Waals surface area contributed by atoms with Gasteiger partial charge >= 0.3 is 5.97 Å². The van der Waals surface area contributed by atoms with E-state index in [4.69, 9.17) is 5.11 Å². The summed E-state index contributed by atoms with van der Waals surface area (Å²) in [7, 11) is 0. The molecule has 0 atom stereocenters. The van der Waals surface area contributed by atoms with Crippen molar-refractivity contribution in [2.24, 2.45) is 0 Å². The number of carboxylic acids is 1. The minimum absolute atomic E-state index is 0.140. The van der Waals surface area contributed by atoms with Crippen LogP contribution in [0.1, 0.15) is 36.2 Å². The fourth-order valence-electron chi connectivity index (χ4n) is 1.51. The standard InChI is InChI=1S/C12H15NO3/c1-3-4-9-5-6-11(13-8(2)14)10(7-9)12(15)16/h5-7H,3-4H2,1-2H3,(H,13,14)(H,15,16). The van der Waals surface area contributed by atoms with Crippen LogP contribution in [-0.2, 0) is 11.2 Å². The van der Waals surface area contributed by atoms with Crippen molar-refractivity contribution in [2.75, 3.05) is 5.32 Å². The molecule has 4 heteroatoms. The maximum absolute atomic E-state index is 11.0. The number of nitrogens with one attached hydrogen (secondary N) is 1. The van der Waals surface area contributed by atoms with Crippen LogP contribution in [0.15, 0.2) is 18.2 Å². The molecule has 0 spiro atoms. The summed E-state index contributed by atoms with van der Waals surface area (Å²) in [5, 5.41) is 11.5. The van der Waals surface area contributed by atoms with Gasteiger partial charge in [-0.1, -0.05) is 19.4 Å². The van der Waals surface area contributed by atoms with Crippen LogP contribution in [0.25, 0.3) is 0 Å². The van der Waals surface area contributed by atoms with Crippen molar-refractivity contribution in [1.29, 1.82) is 0 Å². The zero-order valence-corrected chi connectivity index (χ0v) is 9.41. The third-order valence-electron chi connectivity index (χ3n) is 2.16. The van der Waals surface area contributed by atoms with Gasteiger partial charge in [0, 0.05) is 6.92 Å². The highest BCUT2D eigenvalue weighted by molar-refractivity contribution is 6.00. The summed E-state index contributed by atoms with van der Waals surface area (Å²) in [6.07, 6.45) is 1.79. The number of aromatic carboxylic acids is 1. The van der Waals surface area contributed by atoms with Gasteiger partial charge in [0.25, 0.3) is 0 Å². The smallest absolute Gasteiger partial charge is 0.337 e. The van der Waals surface area contributed by atoms with Crippen molar-refractivity contribution in [2.45, 2.75) is 26.7 Å². The average Bonchev–Trinajstić information content (AvgIpc) is 2.19. The van der Waals surface area contributed by atoms with Gasteiger partial charge in [0.05, 0.1) is 11.3 Å². The number of hydrogen-bond acceptors (Lipinski definition) is 2. The second-order valence-electron chi connectivity index (χ2n) is 3.62. The van der Waals surface area contributed by atoms with E-state index in [1.807, 2.05) is 13.0 Å². The van der Waals surface area contributed by atoms with Gasteiger partial charge in [0.2, 0.25) is 5.91 Å². The molecular weight excluding hydrogens is 206 g/mol. The number of rotatable bonds is 4. The maximum atomic E-state index is 11.0. The van der Waals surface area contributed by atoms with Gasteiger partial charge < -0.3 is 10.4 Å². The molecule has 0 aliphatic carbocycles. The van der Waals surface area contributed by atoms with Gasteiger partial charge in [-0.15, -0.1) is 0 Å². The Bertz CT molecular complexity index is 413. The second kappa shape index (κ2) is 5.30. The summed E-state index contributed by atoms with van der Waals surface area (Å²) in [5.41, 5.74) is 1.45. The Hall–Kier alpha value is -1.84. The molecule has 0 heterocycles. The number of carbonyl (C=O) groups is 2. The van der Waals surface area contributed by atoms with E-state index in [-0.39, 0.29) is 11.5 Å². The highest BCUT2D eigenvalue weighted by Gasteiger charge is 2.11. The molecule has 0 saturated heterocycles. The third kappa shape index (κ3) is 3.08. The molecule has 1 aromatic carbocycles. The van der Waals surface area contributed by atoms with E-state index in [2.05, 4.69) is 5.32 Å². The molecular formula is C12H15NO3. The molecule has 0 fully saturated rings. The third-order valence-corrected chi connectivity index (χ3v) is 2.16. The highest BCUT2D eigenvalue weighted by atomic mass is 16.4. The molecule has 0 unspecified atom stereocenters. The number of amides is 1. The van der Waals surface area contributed by atoms with Gasteiger partial charge in [-0.2, -0.15) is 0 Å². The molecule has 4 nitrogen and oxygen atoms in total. The number of carbonyl (C=O) groups excluding carboxylic acids is 1. The van der Waals surface area contributed by atoms with Gasteiger partial charge in [-0.25, -0.2) is 4.79 Å². The Morgan fingerprint density at radius 1 is 1.38 bits per heavy atom. The summed E-state index contributed by atoms with van der Waals surface area (Å²) < 4.78 is 0. The SMILES string of the molecule is CCCc1ccc(NC(C)=O)c(C(=O)O)c1. The first-order chi connectivity index (χ1) is 7.54. The molecule has 16 heavy (non-hydrogen) atoms. The van der Waals surface area contributed by atoms with Crippen LogP contribution in [0.4, 0.5) is 5.69 Å².